The highest BCUT2D eigenvalue weighted by Gasteiger charge is 2.25. The Kier molecular flexibility index (Phi) is 5.82. The number of hydrogen-bond acceptors (Lipinski definition) is 5. The zero-order valence-corrected chi connectivity index (χ0v) is 18.4. The molecule has 0 fully saturated rings. The monoisotopic (exact) mass is 451 g/mol. The molecule has 0 aliphatic rings. The smallest absolute Gasteiger partial charge is 0.271 e. The molecule has 0 saturated carbocycles. The first-order chi connectivity index (χ1) is 15.7. The van der Waals surface area contributed by atoms with Gasteiger partial charge in [-0.15, -0.1) is 0 Å². The second-order valence-electron chi connectivity index (χ2n) is 8.37. The molecule has 2 heterocycles. The van der Waals surface area contributed by atoms with Crippen LogP contribution in [0, 0.1) is 18.6 Å². The maximum atomic E-state index is 14.7. The number of hydrogen-bond donors (Lipinski definition) is 3. The van der Waals surface area contributed by atoms with Crippen molar-refractivity contribution in [1.29, 1.82) is 0 Å². The number of aliphatic hydroxyl groups is 1. The zero-order chi connectivity index (χ0) is 23.8. The molecule has 7 nitrogen and oxygen atoms in total. The van der Waals surface area contributed by atoms with Crippen molar-refractivity contribution >= 4 is 5.82 Å². The predicted octanol–water partition coefficient (Wildman–Crippen LogP) is 4.06. The number of halogens is 2. The van der Waals surface area contributed by atoms with Crippen molar-refractivity contribution in [1.82, 2.24) is 20.0 Å². The summed E-state index contributed by atoms with van der Waals surface area (Å²) >= 11 is 0. The van der Waals surface area contributed by atoms with Gasteiger partial charge in [0.1, 0.15) is 23.1 Å². The Hall–Kier alpha value is -3.85. The maximum Gasteiger partial charge on any atom is 0.271 e. The van der Waals surface area contributed by atoms with E-state index in [2.05, 4.69) is 20.6 Å². The molecule has 0 spiro atoms. The molecular formula is C24H23F2N5O2. The van der Waals surface area contributed by atoms with Gasteiger partial charge in [-0.3, -0.25) is 9.89 Å². The van der Waals surface area contributed by atoms with Gasteiger partial charge in [0.15, 0.2) is 0 Å². The minimum Gasteiger partial charge on any atom is -0.394 e. The van der Waals surface area contributed by atoms with E-state index in [1.807, 2.05) is 19.1 Å². The van der Waals surface area contributed by atoms with Gasteiger partial charge >= 0.3 is 0 Å². The third-order valence-electron chi connectivity index (χ3n) is 5.21. The van der Waals surface area contributed by atoms with Gasteiger partial charge in [-0.05, 0) is 50.6 Å². The molecule has 2 aromatic heterocycles. The van der Waals surface area contributed by atoms with Crippen molar-refractivity contribution in [2.45, 2.75) is 26.3 Å². The summed E-state index contributed by atoms with van der Waals surface area (Å²) in [7, 11) is 0. The van der Waals surface area contributed by atoms with E-state index in [4.69, 9.17) is 0 Å². The van der Waals surface area contributed by atoms with Crippen molar-refractivity contribution in [3.05, 3.63) is 82.1 Å². The number of H-pyrrole nitrogens is 1. The van der Waals surface area contributed by atoms with Crippen LogP contribution in [0.4, 0.5) is 14.6 Å². The van der Waals surface area contributed by atoms with E-state index in [0.717, 1.165) is 17.7 Å². The molecule has 3 N–H and O–H groups in total. The third-order valence-corrected chi connectivity index (χ3v) is 5.21. The van der Waals surface area contributed by atoms with Crippen LogP contribution in [-0.2, 0) is 0 Å². The minimum absolute atomic E-state index is 0.0629. The summed E-state index contributed by atoms with van der Waals surface area (Å²) in [5.74, 6) is -1.13. The van der Waals surface area contributed by atoms with Gasteiger partial charge in [-0.1, -0.05) is 18.2 Å². The Labute approximate surface area is 188 Å². The van der Waals surface area contributed by atoms with Crippen LogP contribution in [0.2, 0.25) is 0 Å². The molecule has 0 unspecified atom stereocenters. The standard InChI is InChI=1S/C24H23F2N5O2/c1-14-6-4-5-7-19(14)31-20(33)11-10-18(30-31)21-22(16-9-8-15(25)12-17(16)26)28-29-23(21)27-24(2,3)13-32/h4-12,32H,13H2,1-3H3,(H2,27,28,29). The van der Waals surface area contributed by atoms with Gasteiger partial charge in [0, 0.05) is 17.7 Å². The van der Waals surface area contributed by atoms with Crippen molar-refractivity contribution < 1.29 is 13.9 Å². The first kappa shape index (κ1) is 22.3. The molecular weight excluding hydrogens is 428 g/mol. The molecule has 9 heteroatoms. The lowest BCUT2D eigenvalue weighted by Crippen LogP contribution is -2.35. The molecule has 0 atom stereocenters. The summed E-state index contributed by atoms with van der Waals surface area (Å²) in [6.07, 6.45) is 0. The summed E-state index contributed by atoms with van der Waals surface area (Å²) in [6, 6.07) is 13.4. The topological polar surface area (TPSA) is 95.8 Å². The lowest BCUT2D eigenvalue weighted by molar-refractivity contribution is 0.234. The number of nitrogens with zero attached hydrogens (tertiary/aromatic N) is 3. The Bertz CT molecular complexity index is 1380. The van der Waals surface area contributed by atoms with Crippen molar-refractivity contribution in [3.8, 4) is 28.2 Å². The Morgan fingerprint density at radius 2 is 1.88 bits per heavy atom. The Balaban J connectivity index is 1.96. The van der Waals surface area contributed by atoms with E-state index in [9.17, 15) is 18.7 Å². The summed E-state index contributed by atoms with van der Waals surface area (Å²) in [5, 5.41) is 24.5. The quantitative estimate of drug-likeness (QED) is 0.411. The van der Waals surface area contributed by atoms with Crippen molar-refractivity contribution in [2.75, 3.05) is 11.9 Å². The van der Waals surface area contributed by atoms with Gasteiger partial charge in [0.05, 0.1) is 29.1 Å². The fourth-order valence-electron chi connectivity index (χ4n) is 3.45. The van der Waals surface area contributed by atoms with Gasteiger partial charge < -0.3 is 10.4 Å². The van der Waals surface area contributed by atoms with E-state index >= 15 is 0 Å². The molecule has 0 saturated heterocycles. The fraction of sp³-hybridized carbons (Fsp3) is 0.208. The first-order valence-corrected chi connectivity index (χ1v) is 10.3. The van der Waals surface area contributed by atoms with Gasteiger partial charge in [0.25, 0.3) is 5.56 Å². The number of rotatable bonds is 6. The third kappa shape index (κ3) is 4.40. The molecule has 2 aromatic carbocycles. The van der Waals surface area contributed by atoms with E-state index < -0.39 is 17.2 Å². The Morgan fingerprint density at radius 3 is 2.58 bits per heavy atom. The van der Waals surface area contributed by atoms with E-state index in [-0.39, 0.29) is 23.4 Å². The molecule has 0 radical (unpaired) electrons. The van der Waals surface area contributed by atoms with Crippen molar-refractivity contribution in [2.24, 2.45) is 0 Å². The summed E-state index contributed by atoms with van der Waals surface area (Å²) in [4.78, 5) is 12.6. The SMILES string of the molecule is Cc1ccccc1-n1nc(-c2c(-c3ccc(F)cc3F)n[nH]c2NC(C)(C)CO)ccc1=O. The molecule has 33 heavy (non-hydrogen) atoms. The average Bonchev–Trinajstić information content (AvgIpc) is 3.17. The van der Waals surface area contributed by atoms with Crippen LogP contribution in [0.25, 0.3) is 28.2 Å². The summed E-state index contributed by atoms with van der Waals surface area (Å²) < 4.78 is 29.5. The van der Waals surface area contributed by atoms with Crippen LogP contribution in [0.3, 0.4) is 0 Å². The second-order valence-corrected chi connectivity index (χ2v) is 8.37. The molecule has 170 valence electrons. The lowest BCUT2D eigenvalue weighted by atomic mass is 10.0. The lowest BCUT2D eigenvalue weighted by Gasteiger charge is -2.24. The highest BCUT2D eigenvalue weighted by molar-refractivity contribution is 5.87. The highest BCUT2D eigenvalue weighted by Crippen LogP contribution is 2.37. The molecule has 4 aromatic rings. The van der Waals surface area contributed by atoms with Gasteiger partial charge in [-0.25, -0.2) is 8.78 Å². The number of aliphatic hydroxyl groups excluding tert-OH is 1. The number of nitrogens with one attached hydrogen (secondary N) is 2. The first-order valence-electron chi connectivity index (χ1n) is 10.3. The minimum atomic E-state index is -0.789. The van der Waals surface area contributed by atoms with Gasteiger partial charge in [0.2, 0.25) is 0 Å². The van der Waals surface area contributed by atoms with Crippen LogP contribution >= 0.6 is 0 Å². The van der Waals surface area contributed by atoms with Crippen molar-refractivity contribution in [3.63, 3.8) is 0 Å². The fourth-order valence-corrected chi connectivity index (χ4v) is 3.45. The normalized spacial score (nSPS) is 11.6. The summed E-state index contributed by atoms with van der Waals surface area (Å²) in [5.41, 5.74) is 1.33. The van der Waals surface area contributed by atoms with Gasteiger partial charge in [-0.2, -0.15) is 14.9 Å². The Morgan fingerprint density at radius 1 is 1.12 bits per heavy atom. The van der Waals surface area contributed by atoms with E-state index in [1.54, 1.807) is 26.0 Å². The maximum absolute atomic E-state index is 14.7. The average molecular weight is 451 g/mol. The highest BCUT2D eigenvalue weighted by atomic mass is 19.1. The van der Waals surface area contributed by atoms with Crippen LogP contribution in [-0.4, -0.2) is 37.2 Å². The number of aryl methyl sites for hydroxylation is 1. The molecule has 0 aliphatic carbocycles. The van der Waals surface area contributed by atoms with Crippen LogP contribution in [0.1, 0.15) is 19.4 Å². The largest absolute Gasteiger partial charge is 0.394 e. The number of para-hydroxylation sites is 1. The number of aromatic amines is 1. The number of anilines is 1. The summed E-state index contributed by atoms with van der Waals surface area (Å²) in [6.45, 7) is 5.22. The van der Waals surface area contributed by atoms with Crippen LogP contribution in [0.15, 0.2) is 59.4 Å². The molecule has 0 bridgehead atoms. The zero-order valence-electron chi connectivity index (χ0n) is 18.4. The number of benzene rings is 2. The van der Waals surface area contributed by atoms with Crippen LogP contribution < -0.4 is 10.9 Å². The van der Waals surface area contributed by atoms with Crippen LogP contribution in [0.5, 0.6) is 0 Å². The molecule has 0 aliphatic heterocycles. The van der Waals surface area contributed by atoms with E-state index in [0.29, 0.717) is 22.8 Å². The molecule has 0 amide bonds. The predicted molar refractivity (Wildman–Crippen MR) is 122 cm³/mol. The van der Waals surface area contributed by atoms with E-state index in [1.165, 1.54) is 22.9 Å². The molecule has 4 rings (SSSR count). The number of aromatic nitrogens is 4. The second kappa shape index (κ2) is 8.59.